The van der Waals surface area contributed by atoms with Crippen LogP contribution < -0.4 is 9.47 Å². The van der Waals surface area contributed by atoms with Crippen LogP contribution in [0.4, 0.5) is 0 Å². The Labute approximate surface area is 321 Å². The van der Waals surface area contributed by atoms with Gasteiger partial charge >= 0.3 is 0 Å². The molecule has 2 aromatic heterocycles. The molecule has 0 aliphatic heterocycles. The smallest absolute Gasteiger partial charge is 0.124 e. The number of thiophene rings is 2. The van der Waals surface area contributed by atoms with Gasteiger partial charge in [-0.25, -0.2) is 0 Å². The van der Waals surface area contributed by atoms with Crippen molar-refractivity contribution < 1.29 is 9.47 Å². The standard InChI is InChI=1S/C48H58O2S2/c1-5-7-9-11-12-19-29-49-41-27-28-42(47-45-39-25-16-14-23-37(39)44(46(41)47)38-24-15-17-26-40(38)45)50-30-20-18-22-36-31-33(3)51-48(36)43-32-35(34(4)52-43)21-13-10-8-6-2/h14-17,23-28,31-32,44-45H,5-13,18-22,29-30H2,1-4H3. The molecule has 5 aromatic rings. The van der Waals surface area contributed by atoms with Crippen LogP contribution in [0.3, 0.4) is 0 Å². The molecule has 2 nitrogen and oxygen atoms in total. The first-order valence-electron chi connectivity index (χ1n) is 20.4. The van der Waals surface area contributed by atoms with E-state index in [1.54, 1.807) is 5.56 Å². The highest BCUT2D eigenvalue weighted by Crippen LogP contribution is 2.60. The highest BCUT2D eigenvalue weighted by atomic mass is 32.1. The second kappa shape index (κ2) is 17.7. The van der Waals surface area contributed by atoms with Crippen molar-refractivity contribution in [3.05, 3.63) is 127 Å². The van der Waals surface area contributed by atoms with E-state index in [1.807, 2.05) is 22.7 Å². The van der Waals surface area contributed by atoms with Crippen LogP contribution in [0, 0.1) is 13.8 Å². The van der Waals surface area contributed by atoms with E-state index in [9.17, 15) is 0 Å². The minimum absolute atomic E-state index is 0.169. The van der Waals surface area contributed by atoms with Crippen LogP contribution in [-0.4, -0.2) is 13.2 Å². The SMILES string of the molecule is CCCCCCCCOc1ccc(OCCCCc2cc(C)sc2-c2cc(CCCCCC)c(C)s2)c2c1C1c3ccccc3C2c2ccccc21. The van der Waals surface area contributed by atoms with Gasteiger partial charge in [-0.2, -0.15) is 0 Å². The van der Waals surface area contributed by atoms with Crippen LogP contribution in [-0.2, 0) is 12.8 Å². The summed E-state index contributed by atoms with van der Waals surface area (Å²) in [6.45, 7) is 10.7. The highest BCUT2D eigenvalue weighted by Gasteiger charge is 2.44. The molecule has 0 saturated carbocycles. The molecule has 274 valence electrons. The van der Waals surface area contributed by atoms with Crippen molar-refractivity contribution in [2.24, 2.45) is 0 Å². The molecular weight excluding hydrogens is 673 g/mol. The summed E-state index contributed by atoms with van der Waals surface area (Å²) in [5.41, 5.74) is 11.4. The molecule has 2 heterocycles. The number of rotatable bonds is 20. The first-order valence-corrected chi connectivity index (χ1v) is 22.0. The Bertz CT molecular complexity index is 1880. The molecule has 3 aliphatic rings. The Morgan fingerprint density at radius 1 is 0.519 bits per heavy atom. The molecule has 0 saturated heterocycles. The van der Waals surface area contributed by atoms with Crippen LogP contribution in [0.2, 0.25) is 0 Å². The Hall–Kier alpha value is -3.34. The first kappa shape index (κ1) is 37.0. The Morgan fingerprint density at radius 2 is 1.00 bits per heavy atom. The van der Waals surface area contributed by atoms with Gasteiger partial charge in [0.15, 0.2) is 0 Å². The number of unbranched alkanes of at least 4 members (excludes halogenated alkanes) is 9. The molecular formula is C48H58O2S2. The van der Waals surface area contributed by atoms with Gasteiger partial charge in [-0.05, 0) is 110 Å². The summed E-state index contributed by atoms with van der Waals surface area (Å²) < 4.78 is 13.5. The third kappa shape index (κ3) is 7.94. The van der Waals surface area contributed by atoms with Crippen molar-refractivity contribution in [2.45, 2.75) is 129 Å². The predicted octanol–water partition coefficient (Wildman–Crippen LogP) is 14.3. The maximum atomic E-state index is 6.80. The van der Waals surface area contributed by atoms with E-state index in [-0.39, 0.29) is 11.8 Å². The van der Waals surface area contributed by atoms with Crippen LogP contribution in [0.5, 0.6) is 11.5 Å². The lowest BCUT2D eigenvalue weighted by Crippen LogP contribution is -2.28. The van der Waals surface area contributed by atoms with Crippen molar-refractivity contribution in [3.63, 3.8) is 0 Å². The fraction of sp³-hybridized carbons (Fsp3) is 0.458. The van der Waals surface area contributed by atoms with Gasteiger partial charge in [0.2, 0.25) is 0 Å². The van der Waals surface area contributed by atoms with E-state index in [0.717, 1.165) is 50.4 Å². The number of aryl methyl sites for hydroxylation is 4. The Balaban J connectivity index is 1.05. The van der Waals surface area contributed by atoms with Gasteiger partial charge in [0.1, 0.15) is 11.5 Å². The van der Waals surface area contributed by atoms with Gasteiger partial charge in [0.05, 0.1) is 13.2 Å². The Morgan fingerprint density at radius 3 is 1.58 bits per heavy atom. The second-order valence-corrected chi connectivity index (χ2v) is 17.7. The molecule has 0 amide bonds. The van der Waals surface area contributed by atoms with E-state index in [4.69, 9.17) is 9.47 Å². The monoisotopic (exact) mass is 730 g/mol. The number of benzene rings is 3. The Kier molecular flexibility index (Phi) is 12.6. The lowest BCUT2D eigenvalue weighted by Gasteiger charge is -2.43. The molecule has 4 heteroatoms. The van der Waals surface area contributed by atoms with Gasteiger partial charge in [0, 0.05) is 42.5 Å². The molecule has 8 rings (SSSR count). The van der Waals surface area contributed by atoms with E-state index in [1.165, 1.54) is 123 Å². The second-order valence-electron chi connectivity index (χ2n) is 15.1. The first-order chi connectivity index (χ1) is 25.6. The maximum Gasteiger partial charge on any atom is 0.124 e. The van der Waals surface area contributed by atoms with Crippen LogP contribution >= 0.6 is 22.7 Å². The third-order valence-corrected chi connectivity index (χ3v) is 13.7. The predicted molar refractivity (Wildman–Crippen MR) is 223 cm³/mol. The largest absolute Gasteiger partial charge is 0.493 e. The molecule has 2 bridgehead atoms. The van der Waals surface area contributed by atoms with Crippen molar-refractivity contribution in [1.29, 1.82) is 0 Å². The van der Waals surface area contributed by atoms with Crippen molar-refractivity contribution in [2.75, 3.05) is 13.2 Å². The lowest BCUT2D eigenvalue weighted by molar-refractivity contribution is 0.290. The molecule has 0 unspecified atom stereocenters. The molecule has 0 radical (unpaired) electrons. The summed E-state index contributed by atoms with van der Waals surface area (Å²) in [5.74, 6) is 2.42. The van der Waals surface area contributed by atoms with E-state index < -0.39 is 0 Å². The number of hydrogen-bond donors (Lipinski definition) is 0. The lowest BCUT2D eigenvalue weighted by atomic mass is 9.60. The normalized spacial score (nSPS) is 15.4. The van der Waals surface area contributed by atoms with E-state index >= 15 is 0 Å². The quantitative estimate of drug-likeness (QED) is 0.0727. The minimum atomic E-state index is 0.169. The fourth-order valence-corrected chi connectivity index (χ4v) is 11.0. The molecule has 3 aromatic carbocycles. The van der Waals surface area contributed by atoms with Gasteiger partial charge in [-0.1, -0.05) is 114 Å². The van der Waals surface area contributed by atoms with Crippen molar-refractivity contribution in [1.82, 2.24) is 0 Å². The fourth-order valence-electron chi connectivity index (χ4n) is 8.72. The zero-order valence-corrected chi connectivity index (χ0v) is 33.7. The van der Waals surface area contributed by atoms with Crippen LogP contribution in [0.15, 0.2) is 72.8 Å². The van der Waals surface area contributed by atoms with E-state index in [2.05, 4.69) is 100 Å². The molecule has 3 aliphatic carbocycles. The zero-order chi connectivity index (χ0) is 35.9. The molecule has 52 heavy (non-hydrogen) atoms. The minimum Gasteiger partial charge on any atom is -0.493 e. The summed E-state index contributed by atoms with van der Waals surface area (Å²) in [5, 5.41) is 0. The van der Waals surface area contributed by atoms with Crippen molar-refractivity contribution in [3.8, 4) is 21.3 Å². The number of ether oxygens (including phenoxy) is 2. The average molecular weight is 731 g/mol. The summed E-state index contributed by atoms with van der Waals surface area (Å²) in [6, 6.07) is 27.5. The summed E-state index contributed by atoms with van der Waals surface area (Å²) >= 11 is 3.97. The van der Waals surface area contributed by atoms with E-state index in [0.29, 0.717) is 0 Å². The zero-order valence-electron chi connectivity index (χ0n) is 32.0. The van der Waals surface area contributed by atoms with Crippen LogP contribution in [0.25, 0.3) is 9.75 Å². The van der Waals surface area contributed by atoms with Gasteiger partial charge in [-0.15, -0.1) is 22.7 Å². The van der Waals surface area contributed by atoms with Gasteiger partial charge in [-0.3, -0.25) is 0 Å². The topological polar surface area (TPSA) is 18.5 Å². The molecule has 0 N–H and O–H groups in total. The summed E-state index contributed by atoms with van der Waals surface area (Å²) in [4.78, 5) is 5.87. The van der Waals surface area contributed by atoms with Gasteiger partial charge < -0.3 is 9.47 Å². The highest BCUT2D eigenvalue weighted by molar-refractivity contribution is 7.22. The van der Waals surface area contributed by atoms with Crippen molar-refractivity contribution >= 4 is 22.7 Å². The number of hydrogen-bond acceptors (Lipinski definition) is 4. The molecule has 0 fully saturated rings. The summed E-state index contributed by atoms with van der Waals surface area (Å²) in [6.07, 6.45) is 17.4. The molecule has 0 spiro atoms. The maximum absolute atomic E-state index is 6.80. The summed E-state index contributed by atoms with van der Waals surface area (Å²) in [7, 11) is 0. The third-order valence-electron chi connectivity index (χ3n) is 11.4. The van der Waals surface area contributed by atoms with Gasteiger partial charge in [0.25, 0.3) is 0 Å². The molecule has 0 atom stereocenters. The van der Waals surface area contributed by atoms with Crippen LogP contribution in [0.1, 0.15) is 157 Å². The average Bonchev–Trinajstić information content (AvgIpc) is 3.73.